The number of hydrogen-bond donors (Lipinski definition) is 1. The minimum atomic E-state index is 0.434. The number of benzene rings is 1. The van der Waals surface area contributed by atoms with Crippen LogP contribution in [0, 0.1) is 12.8 Å². The Morgan fingerprint density at radius 2 is 1.95 bits per heavy atom. The van der Waals surface area contributed by atoms with E-state index in [2.05, 4.69) is 69.2 Å². The molecule has 2 heteroatoms. The number of likely N-dealkylation sites (tertiary alicyclic amines) is 1. The number of aryl methyl sites for hydroxylation is 1. The van der Waals surface area contributed by atoms with Gasteiger partial charge in [0.05, 0.1) is 0 Å². The van der Waals surface area contributed by atoms with E-state index in [1.165, 1.54) is 24.1 Å². The molecule has 1 aromatic rings. The fourth-order valence-corrected chi connectivity index (χ4v) is 3.26. The van der Waals surface area contributed by atoms with E-state index in [0.717, 1.165) is 0 Å². The average Bonchev–Trinajstić information content (AvgIpc) is 2.36. The molecule has 106 valence electrons. The molecule has 1 aliphatic heterocycles. The summed E-state index contributed by atoms with van der Waals surface area (Å²) in [5.74, 6) is 0.715. The van der Waals surface area contributed by atoms with E-state index in [-0.39, 0.29) is 0 Å². The minimum absolute atomic E-state index is 0.434. The van der Waals surface area contributed by atoms with E-state index in [0.29, 0.717) is 24.0 Å². The minimum Gasteiger partial charge on any atom is -0.307 e. The Morgan fingerprint density at radius 1 is 1.26 bits per heavy atom. The van der Waals surface area contributed by atoms with Gasteiger partial charge in [0.1, 0.15) is 0 Å². The fraction of sp³-hybridized carbons (Fsp3) is 0.647. The summed E-state index contributed by atoms with van der Waals surface area (Å²) >= 11 is 0. The van der Waals surface area contributed by atoms with Crippen LogP contribution in [-0.2, 0) is 0 Å². The Hall–Kier alpha value is -0.860. The molecule has 0 aromatic heterocycles. The molecule has 0 bridgehead atoms. The molecule has 0 saturated carbocycles. The smallest absolute Gasteiger partial charge is 0.0297 e. The third kappa shape index (κ3) is 3.37. The van der Waals surface area contributed by atoms with Gasteiger partial charge in [-0.2, -0.15) is 0 Å². The highest BCUT2D eigenvalue weighted by atomic mass is 15.2. The number of rotatable bonds is 3. The Labute approximate surface area is 118 Å². The largest absolute Gasteiger partial charge is 0.307 e. The van der Waals surface area contributed by atoms with Crippen molar-refractivity contribution in [3.05, 3.63) is 35.4 Å². The van der Waals surface area contributed by atoms with Gasteiger partial charge in [0.2, 0.25) is 0 Å². The van der Waals surface area contributed by atoms with Crippen LogP contribution in [0.1, 0.15) is 44.4 Å². The Bertz CT molecular complexity index is 415. The molecule has 19 heavy (non-hydrogen) atoms. The van der Waals surface area contributed by atoms with Crippen LogP contribution >= 0.6 is 0 Å². The van der Waals surface area contributed by atoms with Crippen LogP contribution in [0.4, 0.5) is 0 Å². The Morgan fingerprint density at radius 3 is 2.63 bits per heavy atom. The van der Waals surface area contributed by atoms with Crippen LogP contribution in [0.3, 0.4) is 0 Å². The molecule has 1 fully saturated rings. The standard InChI is InChI=1S/C17H28N2/c1-12-8-6-7-9-16(12)15(4)18-17-10-14(3)19(5)11-13(17)2/h6-9,13-15,17-18H,10-11H2,1-5H3/t13?,14?,15-,17?/m0/s1. The van der Waals surface area contributed by atoms with Crippen LogP contribution in [0.15, 0.2) is 24.3 Å². The number of hydrogen-bond acceptors (Lipinski definition) is 2. The summed E-state index contributed by atoms with van der Waals surface area (Å²) in [6.45, 7) is 10.4. The maximum absolute atomic E-state index is 3.85. The summed E-state index contributed by atoms with van der Waals surface area (Å²) in [7, 11) is 2.24. The second-order valence-electron chi connectivity index (χ2n) is 6.35. The van der Waals surface area contributed by atoms with Crippen molar-refractivity contribution in [1.29, 1.82) is 0 Å². The van der Waals surface area contributed by atoms with E-state index in [1.54, 1.807) is 0 Å². The van der Waals surface area contributed by atoms with E-state index >= 15 is 0 Å². The zero-order chi connectivity index (χ0) is 14.0. The molecule has 4 atom stereocenters. The topological polar surface area (TPSA) is 15.3 Å². The van der Waals surface area contributed by atoms with Crippen molar-refractivity contribution < 1.29 is 0 Å². The average molecular weight is 260 g/mol. The quantitative estimate of drug-likeness (QED) is 0.896. The van der Waals surface area contributed by atoms with Crippen molar-refractivity contribution in [3.8, 4) is 0 Å². The molecule has 2 nitrogen and oxygen atoms in total. The molecule has 0 spiro atoms. The molecule has 1 aliphatic rings. The monoisotopic (exact) mass is 260 g/mol. The van der Waals surface area contributed by atoms with Gasteiger partial charge in [0.15, 0.2) is 0 Å². The van der Waals surface area contributed by atoms with Crippen LogP contribution < -0.4 is 5.32 Å². The van der Waals surface area contributed by atoms with Gasteiger partial charge in [0.25, 0.3) is 0 Å². The Kier molecular flexibility index (Phi) is 4.64. The molecule has 1 heterocycles. The fourth-order valence-electron chi connectivity index (χ4n) is 3.26. The van der Waals surface area contributed by atoms with Crippen LogP contribution in [-0.4, -0.2) is 30.6 Å². The summed E-state index contributed by atoms with van der Waals surface area (Å²) in [5.41, 5.74) is 2.82. The van der Waals surface area contributed by atoms with Gasteiger partial charge in [-0.3, -0.25) is 0 Å². The van der Waals surface area contributed by atoms with Crippen LogP contribution in [0.2, 0.25) is 0 Å². The molecule has 0 amide bonds. The van der Waals surface area contributed by atoms with E-state index < -0.39 is 0 Å². The van der Waals surface area contributed by atoms with Gasteiger partial charge in [0, 0.05) is 24.7 Å². The molecule has 1 N–H and O–H groups in total. The summed E-state index contributed by atoms with van der Waals surface area (Å²) < 4.78 is 0. The highest BCUT2D eigenvalue weighted by Crippen LogP contribution is 2.24. The highest BCUT2D eigenvalue weighted by Gasteiger charge is 2.29. The lowest BCUT2D eigenvalue weighted by Gasteiger charge is -2.41. The van der Waals surface area contributed by atoms with Crippen molar-refractivity contribution in [1.82, 2.24) is 10.2 Å². The summed E-state index contributed by atoms with van der Waals surface area (Å²) in [6.07, 6.45) is 1.24. The molecule has 2 rings (SSSR count). The third-order valence-corrected chi connectivity index (χ3v) is 4.73. The number of piperidine rings is 1. The zero-order valence-electron chi connectivity index (χ0n) is 13.0. The predicted octanol–water partition coefficient (Wildman–Crippen LogP) is 3.37. The first-order valence-electron chi connectivity index (χ1n) is 7.51. The first kappa shape index (κ1) is 14.5. The van der Waals surface area contributed by atoms with Gasteiger partial charge in [-0.25, -0.2) is 0 Å². The molecule has 0 radical (unpaired) electrons. The zero-order valence-corrected chi connectivity index (χ0v) is 13.0. The predicted molar refractivity (Wildman–Crippen MR) is 82.4 cm³/mol. The van der Waals surface area contributed by atoms with E-state index in [4.69, 9.17) is 0 Å². The highest BCUT2D eigenvalue weighted by molar-refractivity contribution is 5.28. The molecule has 1 aromatic carbocycles. The van der Waals surface area contributed by atoms with Gasteiger partial charge in [-0.1, -0.05) is 31.2 Å². The van der Waals surface area contributed by atoms with Gasteiger partial charge >= 0.3 is 0 Å². The van der Waals surface area contributed by atoms with Crippen molar-refractivity contribution in [2.75, 3.05) is 13.6 Å². The van der Waals surface area contributed by atoms with Crippen molar-refractivity contribution in [2.45, 2.75) is 52.2 Å². The SMILES string of the molecule is Cc1ccccc1[C@H](C)NC1CC(C)N(C)CC1C. The van der Waals surface area contributed by atoms with E-state index in [1.807, 2.05) is 0 Å². The molecule has 3 unspecified atom stereocenters. The van der Waals surface area contributed by atoms with Crippen molar-refractivity contribution in [2.24, 2.45) is 5.92 Å². The third-order valence-electron chi connectivity index (χ3n) is 4.73. The lowest BCUT2D eigenvalue weighted by Crippen LogP contribution is -2.51. The summed E-state index contributed by atoms with van der Waals surface area (Å²) in [5, 5.41) is 3.85. The summed E-state index contributed by atoms with van der Waals surface area (Å²) in [6, 6.07) is 10.4. The Balaban J connectivity index is 2.03. The first-order chi connectivity index (χ1) is 8.99. The molecule has 0 aliphatic carbocycles. The number of nitrogens with one attached hydrogen (secondary N) is 1. The number of nitrogens with zero attached hydrogens (tertiary/aromatic N) is 1. The maximum Gasteiger partial charge on any atom is 0.0297 e. The molecular weight excluding hydrogens is 232 g/mol. The van der Waals surface area contributed by atoms with E-state index in [9.17, 15) is 0 Å². The second kappa shape index (κ2) is 6.06. The second-order valence-corrected chi connectivity index (χ2v) is 6.35. The molecular formula is C17H28N2. The van der Waals surface area contributed by atoms with Crippen molar-refractivity contribution in [3.63, 3.8) is 0 Å². The maximum atomic E-state index is 3.85. The summed E-state index contributed by atoms with van der Waals surface area (Å²) in [4.78, 5) is 2.47. The van der Waals surface area contributed by atoms with Gasteiger partial charge in [-0.05, 0) is 51.3 Å². The van der Waals surface area contributed by atoms with Crippen LogP contribution in [0.25, 0.3) is 0 Å². The van der Waals surface area contributed by atoms with Crippen molar-refractivity contribution >= 4 is 0 Å². The van der Waals surface area contributed by atoms with Gasteiger partial charge in [-0.15, -0.1) is 0 Å². The first-order valence-corrected chi connectivity index (χ1v) is 7.51. The normalized spacial score (nSPS) is 30.3. The lowest BCUT2D eigenvalue weighted by molar-refractivity contribution is 0.116. The van der Waals surface area contributed by atoms with Gasteiger partial charge < -0.3 is 10.2 Å². The van der Waals surface area contributed by atoms with Crippen LogP contribution in [0.5, 0.6) is 0 Å². The lowest BCUT2D eigenvalue weighted by atomic mass is 9.88. The molecule has 1 saturated heterocycles.